The van der Waals surface area contributed by atoms with Crippen molar-refractivity contribution >= 4 is 22.7 Å². The molecule has 0 aliphatic heterocycles. The van der Waals surface area contributed by atoms with Gasteiger partial charge in [-0.15, -0.1) is 0 Å². The molecule has 2 amide bonds. The number of hydrogen-bond acceptors (Lipinski definition) is 5. The van der Waals surface area contributed by atoms with Crippen LogP contribution in [0.25, 0.3) is 10.9 Å². The first-order chi connectivity index (χ1) is 16.4. The van der Waals surface area contributed by atoms with E-state index in [1.54, 1.807) is 6.20 Å². The number of fused-ring (bicyclic) bond motifs is 1. The minimum atomic E-state index is -0.513. The molecule has 3 aromatic rings. The molecule has 9 nitrogen and oxygen atoms in total. The van der Waals surface area contributed by atoms with E-state index in [1.165, 1.54) is 17.7 Å². The Morgan fingerprint density at radius 3 is 2.82 bits per heavy atom. The Morgan fingerprint density at radius 1 is 1.24 bits per heavy atom. The van der Waals surface area contributed by atoms with Crippen LogP contribution in [-0.2, 0) is 6.54 Å². The second-order valence-electron chi connectivity index (χ2n) is 8.97. The number of amides is 2. The molecule has 2 heterocycles. The van der Waals surface area contributed by atoms with E-state index in [4.69, 9.17) is 5.73 Å². The highest BCUT2D eigenvalue weighted by Crippen LogP contribution is 2.34. The standard InChI is InChI=1S/C25H32N6O3/c1-27-24(33)20-12-18(23(32)29-22-13-16(22)7-10-30(2)11-8-26)15-31(25(20)34)14-17-4-3-5-21-19(17)6-9-28-21/h3-6,9,12,15-16,22,28H,7-8,10-11,13-14,26H2,1-2H3,(H,27,33)(H,29,32)/t16-,22-/m1/s1. The quantitative estimate of drug-likeness (QED) is 0.358. The van der Waals surface area contributed by atoms with Crippen LogP contribution in [0.3, 0.4) is 0 Å². The molecule has 2 aromatic heterocycles. The number of nitrogens with two attached hydrogens (primary N) is 1. The van der Waals surface area contributed by atoms with Crippen molar-refractivity contribution in [1.82, 2.24) is 25.1 Å². The molecule has 1 aliphatic rings. The third kappa shape index (κ3) is 5.21. The third-order valence-corrected chi connectivity index (χ3v) is 6.48. The maximum absolute atomic E-state index is 13.1. The lowest BCUT2D eigenvalue weighted by atomic mass is 10.1. The molecule has 180 valence electrons. The molecular weight excluding hydrogens is 432 g/mol. The van der Waals surface area contributed by atoms with Gasteiger partial charge < -0.3 is 30.8 Å². The van der Waals surface area contributed by atoms with E-state index >= 15 is 0 Å². The summed E-state index contributed by atoms with van der Waals surface area (Å²) in [6, 6.07) is 9.25. The lowest BCUT2D eigenvalue weighted by Gasteiger charge is -2.15. The lowest BCUT2D eigenvalue weighted by molar-refractivity contribution is 0.0947. The van der Waals surface area contributed by atoms with Crippen LogP contribution in [0.1, 0.15) is 39.1 Å². The monoisotopic (exact) mass is 464 g/mol. The fourth-order valence-corrected chi connectivity index (χ4v) is 4.36. The average Bonchev–Trinajstić information content (AvgIpc) is 3.37. The van der Waals surface area contributed by atoms with Crippen LogP contribution in [0.5, 0.6) is 0 Å². The Hall–Kier alpha value is -3.43. The topological polar surface area (TPSA) is 125 Å². The predicted molar refractivity (Wildman–Crippen MR) is 132 cm³/mol. The Morgan fingerprint density at radius 2 is 2.06 bits per heavy atom. The number of nitrogens with zero attached hydrogens (tertiary/aromatic N) is 2. The lowest BCUT2D eigenvalue weighted by Crippen LogP contribution is -2.34. The van der Waals surface area contributed by atoms with Gasteiger partial charge in [-0.1, -0.05) is 12.1 Å². The maximum atomic E-state index is 13.1. The number of H-pyrrole nitrogens is 1. The van der Waals surface area contributed by atoms with Gasteiger partial charge in [0.05, 0.1) is 12.1 Å². The van der Waals surface area contributed by atoms with Gasteiger partial charge in [-0.25, -0.2) is 0 Å². The second kappa shape index (κ2) is 10.2. The van der Waals surface area contributed by atoms with Crippen molar-refractivity contribution in [2.24, 2.45) is 11.7 Å². The summed E-state index contributed by atoms with van der Waals surface area (Å²) in [7, 11) is 3.51. The molecular formula is C25H32N6O3. The predicted octanol–water partition coefficient (Wildman–Crippen LogP) is 1.14. The fraction of sp³-hybridized carbons (Fsp3) is 0.400. The molecule has 9 heteroatoms. The minimum Gasteiger partial charge on any atom is -0.361 e. The molecule has 4 rings (SSSR count). The maximum Gasteiger partial charge on any atom is 0.263 e. The van der Waals surface area contributed by atoms with E-state index in [2.05, 4.69) is 20.5 Å². The molecule has 1 saturated carbocycles. The van der Waals surface area contributed by atoms with Crippen molar-refractivity contribution < 1.29 is 9.59 Å². The zero-order valence-corrected chi connectivity index (χ0v) is 19.6. The van der Waals surface area contributed by atoms with E-state index < -0.39 is 11.5 Å². The summed E-state index contributed by atoms with van der Waals surface area (Å²) in [5.41, 5.74) is 7.29. The van der Waals surface area contributed by atoms with E-state index in [1.807, 2.05) is 37.5 Å². The molecule has 0 saturated heterocycles. The highest BCUT2D eigenvalue weighted by atomic mass is 16.2. The Labute approximate surface area is 198 Å². The first-order valence-corrected chi connectivity index (χ1v) is 11.6. The molecule has 1 fully saturated rings. The summed E-state index contributed by atoms with van der Waals surface area (Å²) in [6.07, 6.45) is 5.31. The molecule has 0 radical (unpaired) electrons. The van der Waals surface area contributed by atoms with Gasteiger partial charge in [-0.05, 0) is 56.1 Å². The normalized spacial score (nSPS) is 17.2. The van der Waals surface area contributed by atoms with E-state index in [0.29, 0.717) is 18.0 Å². The largest absolute Gasteiger partial charge is 0.361 e. The van der Waals surface area contributed by atoms with Gasteiger partial charge in [0.2, 0.25) is 0 Å². The van der Waals surface area contributed by atoms with Gasteiger partial charge in [0.25, 0.3) is 17.4 Å². The third-order valence-electron chi connectivity index (χ3n) is 6.48. The average molecular weight is 465 g/mol. The first kappa shape index (κ1) is 23.7. The molecule has 0 spiro atoms. The molecule has 1 aromatic carbocycles. The van der Waals surface area contributed by atoms with Gasteiger partial charge in [-0.3, -0.25) is 14.4 Å². The number of pyridine rings is 1. The molecule has 5 N–H and O–H groups in total. The van der Waals surface area contributed by atoms with E-state index in [-0.39, 0.29) is 24.1 Å². The number of hydrogen-bond donors (Lipinski definition) is 4. The van der Waals surface area contributed by atoms with Crippen LogP contribution in [0.2, 0.25) is 0 Å². The molecule has 34 heavy (non-hydrogen) atoms. The van der Waals surface area contributed by atoms with Gasteiger partial charge >= 0.3 is 0 Å². The van der Waals surface area contributed by atoms with Crippen molar-refractivity contribution in [3.05, 3.63) is 69.8 Å². The number of nitrogens with one attached hydrogen (secondary N) is 3. The van der Waals surface area contributed by atoms with Gasteiger partial charge in [0.15, 0.2) is 0 Å². The van der Waals surface area contributed by atoms with Gasteiger partial charge in [-0.2, -0.15) is 0 Å². The van der Waals surface area contributed by atoms with E-state index in [0.717, 1.165) is 42.4 Å². The van der Waals surface area contributed by atoms with Crippen LogP contribution < -0.4 is 21.9 Å². The Kier molecular flexibility index (Phi) is 7.14. The first-order valence-electron chi connectivity index (χ1n) is 11.6. The molecule has 0 bridgehead atoms. The number of aromatic nitrogens is 2. The summed E-state index contributed by atoms with van der Waals surface area (Å²) in [5.74, 6) is -0.359. The smallest absolute Gasteiger partial charge is 0.263 e. The summed E-state index contributed by atoms with van der Waals surface area (Å²) >= 11 is 0. The number of aromatic amines is 1. The number of carbonyl (C=O) groups is 2. The van der Waals surface area contributed by atoms with Crippen molar-refractivity contribution in [2.75, 3.05) is 33.7 Å². The number of benzene rings is 1. The van der Waals surface area contributed by atoms with Crippen molar-refractivity contribution in [3.63, 3.8) is 0 Å². The van der Waals surface area contributed by atoms with Crippen LogP contribution in [0.4, 0.5) is 0 Å². The summed E-state index contributed by atoms with van der Waals surface area (Å²) in [4.78, 5) is 43.8. The highest BCUT2D eigenvalue weighted by molar-refractivity contribution is 5.99. The Bertz CT molecular complexity index is 1250. The van der Waals surface area contributed by atoms with Crippen LogP contribution >= 0.6 is 0 Å². The zero-order chi connectivity index (χ0) is 24.2. The molecule has 2 atom stereocenters. The van der Waals surface area contributed by atoms with Gasteiger partial charge in [0.1, 0.15) is 5.56 Å². The second-order valence-corrected chi connectivity index (χ2v) is 8.97. The number of likely N-dealkylation sites (N-methyl/N-ethyl adjacent to an activating group) is 1. The number of rotatable bonds is 10. The fourth-order valence-electron chi connectivity index (χ4n) is 4.36. The summed E-state index contributed by atoms with van der Waals surface area (Å²) in [6.45, 7) is 2.66. The summed E-state index contributed by atoms with van der Waals surface area (Å²) in [5, 5.41) is 6.55. The number of carbonyl (C=O) groups excluding carboxylic acids is 2. The molecule has 1 aliphatic carbocycles. The molecule has 0 unspecified atom stereocenters. The van der Waals surface area contributed by atoms with Crippen LogP contribution in [-0.4, -0.2) is 66.0 Å². The minimum absolute atomic E-state index is 0.0489. The van der Waals surface area contributed by atoms with Gasteiger partial charge in [0, 0.05) is 49.5 Å². The zero-order valence-electron chi connectivity index (χ0n) is 19.6. The van der Waals surface area contributed by atoms with Crippen molar-refractivity contribution in [2.45, 2.75) is 25.4 Å². The van der Waals surface area contributed by atoms with Crippen LogP contribution in [0, 0.1) is 5.92 Å². The van der Waals surface area contributed by atoms with Crippen LogP contribution in [0.15, 0.2) is 47.5 Å². The SMILES string of the molecule is CNC(=O)c1cc(C(=O)N[C@@H]2C[C@H]2CCN(C)CCN)cn(Cc2cccc3[nH]ccc23)c1=O. The van der Waals surface area contributed by atoms with Crippen molar-refractivity contribution in [1.29, 1.82) is 0 Å². The highest BCUT2D eigenvalue weighted by Gasteiger charge is 2.38. The Balaban J connectivity index is 1.53. The van der Waals surface area contributed by atoms with Crippen molar-refractivity contribution in [3.8, 4) is 0 Å². The van der Waals surface area contributed by atoms with E-state index in [9.17, 15) is 14.4 Å². The summed E-state index contributed by atoms with van der Waals surface area (Å²) < 4.78 is 1.44.